The molecule has 1 spiro atoms. The van der Waals surface area contributed by atoms with Crippen molar-refractivity contribution in [2.24, 2.45) is 11.8 Å². The zero-order chi connectivity index (χ0) is 29.3. The Morgan fingerprint density at radius 1 is 1.10 bits per heavy atom. The number of aryl methyl sites for hydroxylation is 1. The maximum atomic E-state index is 14.6. The zero-order valence-electron chi connectivity index (χ0n) is 23.2. The van der Waals surface area contributed by atoms with Crippen LogP contribution >= 0.6 is 11.6 Å². The van der Waals surface area contributed by atoms with Gasteiger partial charge < -0.3 is 24.5 Å². The number of hydrogen-bond acceptors (Lipinski definition) is 5. The van der Waals surface area contributed by atoms with Gasteiger partial charge in [-0.15, -0.1) is 13.2 Å². The van der Waals surface area contributed by atoms with Crippen molar-refractivity contribution in [3.05, 3.63) is 84.4 Å². The Labute approximate surface area is 245 Å². The number of hydrogen-bond donors (Lipinski definition) is 1. The summed E-state index contributed by atoms with van der Waals surface area (Å²) in [5.41, 5.74) is 0.894. The molecule has 5 atom stereocenters. The largest absolute Gasteiger partial charge is 0.396 e. The molecule has 9 heteroatoms. The average molecular weight is 578 g/mol. The van der Waals surface area contributed by atoms with Crippen molar-refractivity contribution in [2.75, 3.05) is 36.0 Å². The fourth-order valence-electron chi connectivity index (χ4n) is 6.97. The molecule has 0 aromatic heterocycles. The van der Waals surface area contributed by atoms with Crippen LogP contribution in [-0.2, 0) is 19.1 Å². The molecule has 2 unspecified atom stereocenters. The number of halogens is 1. The molecule has 2 aromatic carbocycles. The van der Waals surface area contributed by atoms with E-state index in [0.717, 1.165) is 5.56 Å². The molecule has 3 fully saturated rings. The van der Waals surface area contributed by atoms with E-state index in [1.54, 1.807) is 28.0 Å². The fourth-order valence-corrected chi connectivity index (χ4v) is 7.29. The first-order valence-corrected chi connectivity index (χ1v) is 14.4. The minimum atomic E-state index is -1.17. The SMILES string of the molecule is C=CCN(C(=O)[C@@H]1[C@@H]2CCC3(O2)C(C(=O)N(CC=C)c2c(C)cccc2Cl)N(CCCO)C(=O)[C@H]13)c1ccccc1. The van der Waals surface area contributed by atoms with Gasteiger partial charge in [-0.25, -0.2) is 0 Å². The van der Waals surface area contributed by atoms with Gasteiger partial charge in [0.25, 0.3) is 5.91 Å². The third-order valence-electron chi connectivity index (χ3n) is 8.56. The van der Waals surface area contributed by atoms with Crippen LogP contribution in [0.15, 0.2) is 73.8 Å². The zero-order valence-corrected chi connectivity index (χ0v) is 24.0. The second kappa shape index (κ2) is 11.8. The molecule has 3 aliphatic rings. The van der Waals surface area contributed by atoms with Gasteiger partial charge in [-0.05, 0) is 49.9 Å². The van der Waals surface area contributed by atoms with Crippen LogP contribution in [0.4, 0.5) is 11.4 Å². The average Bonchev–Trinajstić information content (AvgIpc) is 3.61. The molecule has 3 saturated heterocycles. The van der Waals surface area contributed by atoms with Crippen molar-refractivity contribution in [3.8, 4) is 0 Å². The van der Waals surface area contributed by atoms with Crippen molar-refractivity contribution in [2.45, 2.75) is 43.9 Å². The Morgan fingerprint density at radius 2 is 1.80 bits per heavy atom. The number of likely N-dealkylation sites (tertiary alicyclic amines) is 1. The summed E-state index contributed by atoms with van der Waals surface area (Å²) in [6.07, 6.45) is 4.11. The van der Waals surface area contributed by atoms with E-state index in [4.69, 9.17) is 16.3 Å². The number of aliphatic hydroxyl groups excluding tert-OH is 1. The van der Waals surface area contributed by atoms with Crippen LogP contribution in [0.5, 0.6) is 0 Å². The predicted octanol–water partition coefficient (Wildman–Crippen LogP) is 4.14. The van der Waals surface area contributed by atoms with Gasteiger partial charge >= 0.3 is 0 Å². The molecular weight excluding hydrogens is 542 g/mol. The van der Waals surface area contributed by atoms with E-state index in [0.29, 0.717) is 35.7 Å². The second-order valence-electron chi connectivity index (χ2n) is 10.9. The number of anilines is 2. The summed E-state index contributed by atoms with van der Waals surface area (Å²) in [6, 6.07) is 13.7. The molecule has 3 heterocycles. The van der Waals surface area contributed by atoms with E-state index in [1.165, 1.54) is 4.90 Å². The van der Waals surface area contributed by atoms with E-state index in [2.05, 4.69) is 13.2 Å². The van der Waals surface area contributed by atoms with Gasteiger partial charge in [0.05, 0.1) is 28.6 Å². The summed E-state index contributed by atoms with van der Waals surface area (Å²) < 4.78 is 6.62. The van der Waals surface area contributed by atoms with Gasteiger partial charge in [0.1, 0.15) is 11.6 Å². The minimum absolute atomic E-state index is 0.144. The van der Waals surface area contributed by atoms with Crippen molar-refractivity contribution in [1.29, 1.82) is 0 Å². The molecule has 0 radical (unpaired) electrons. The molecule has 0 saturated carbocycles. The van der Waals surface area contributed by atoms with Gasteiger partial charge in [-0.1, -0.05) is 54.1 Å². The molecule has 2 bridgehead atoms. The standard InChI is InChI=1S/C32H36ClN3O5/c1-4-17-34(22-12-7-6-8-13-22)29(38)25-24-15-16-32(41-24)26(25)30(39)36(19-10-20-37)28(32)31(40)35(18-5-2)27-21(3)11-9-14-23(27)33/h4-9,11-14,24-26,28,37H,1-2,10,15-20H2,3H3/t24-,25+,26-,28?,32?/m0/s1. The highest BCUT2D eigenvalue weighted by Crippen LogP contribution is 2.59. The Bertz CT molecular complexity index is 1330. The number of carbonyl (C=O) groups is 3. The van der Waals surface area contributed by atoms with E-state index in [1.807, 2.05) is 49.4 Å². The predicted molar refractivity (Wildman–Crippen MR) is 159 cm³/mol. The van der Waals surface area contributed by atoms with Crippen LogP contribution in [0.25, 0.3) is 0 Å². The lowest BCUT2D eigenvalue weighted by atomic mass is 9.70. The molecule has 3 amide bonds. The van der Waals surface area contributed by atoms with E-state index in [-0.39, 0.29) is 44.0 Å². The van der Waals surface area contributed by atoms with E-state index >= 15 is 0 Å². The van der Waals surface area contributed by atoms with Crippen LogP contribution in [0.3, 0.4) is 0 Å². The Kier molecular flexibility index (Phi) is 8.36. The lowest BCUT2D eigenvalue weighted by molar-refractivity contribution is -0.141. The number of para-hydroxylation sites is 2. The maximum Gasteiger partial charge on any atom is 0.253 e. The second-order valence-corrected chi connectivity index (χ2v) is 11.3. The number of aliphatic hydroxyl groups is 1. The minimum Gasteiger partial charge on any atom is -0.396 e. The molecule has 0 aliphatic carbocycles. The van der Waals surface area contributed by atoms with E-state index < -0.39 is 29.6 Å². The summed E-state index contributed by atoms with van der Waals surface area (Å²) >= 11 is 6.60. The Hall–Kier alpha value is -3.46. The number of benzene rings is 2. The number of amides is 3. The first-order valence-electron chi connectivity index (χ1n) is 14.0. The number of rotatable bonds is 11. The summed E-state index contributed by atoms with van der Waals surface area (Å²) in [7, 11) is 0. The number of carbonyl (C=O) groups excluding carboxylic acids is 3. The molecule has 216 valence electrons. The van der Waals surface area contributed by atoms with Crippen LogP contribution in [0.1, 0.15) is 24.8 Å². The summed E-state index contributed by atoms with van der Waals surface area (Å²) in [6.45, 7) is 10.0. The first kappa shape index (κ1) is 29.0. The van der Waals surface area contributed by atoms with Gasteiger partial charge in [-0.3, -0.25) is 14.4 Å². The molecule has 5 rings (SSSR count). The van der Waals surface area contributed by atoms with Gasteiger partial charge in [-0.2, -0.15) is 0 Å². The molecule has 8 nitrogen and oxygen atoms in total. The van der Waals surface area contributed by atoms with E-state index in [9.17, 15) is 19.5 Å². The summed E-state index contributed by atoms with van der Waals surface area (Å²) in [5.74, 6) is -2.43. The number of nitrogens with zero attached hydrogens (tertiary/aromatic N) is 3. The highest BCUT2D eigenvalue weighted by Gasteiger charge is 2.75. The van der Waals surface area contributed by atoms with Crippen LogP contribution in [-0.4, -0.2) is 71.7 Å². The van der Waals surface area contributed by atoms with Gasteiger partial charge in [0.2, 0.25) is 11.8 Å². The van der Waals surface area contributed by atoms with Crippen molar-refractivity contribution in [3.63, 3.8) is 0 Å². The third-order valence-corrected chi connectivity index (χ3v) is 8.86. The summed E-state index contributed by atoms with van der Waals surface area (Å²) in [5, 5.41) is 10.1. The smallest absolute Gasteiger partial charge is 0.253 e. The molecule has 2 aromatic rings. The highest BCUT2D eigenvalue weighted by atomic mass is 35.5. The summed E-state index contributed by atoms with van der Waals surface area (Å²) in [4.78, 5) is 47.8. The Morgan fingerprint density at radius 3 is 2.46 bits per heavy atom. The van der Waals surface area contributed by atoms with Crippen molar-refractivity contribution >= 4 is 40.7 Å². The quantitative estimate of drug-likeness (QED) is 0.405. The first-order chi connectivity index (χ1) is 19.8. The van der Waals surface area contributed by atoms with Crippen LogP contribution in [0, 0.1) is 18.8 Å². The van der Waals surface area contributed by atoms with Gasteiger partial charge in [0, 0.05) is 31.9 Å². The third kappa shape index (κ3) is 4.78. The fraction of sp³-hybridized carbons (Fsp3) is 0.406. The van der Waals surface area contributed by atoms with Crippen LogP contribution in [0.2, 0.25) is 5.02 Å². The topological polar surface area (TPSA) is 90.4 Å². The lowest BCUT2D eigenvalue weighted by Crippen LogP contribution is -2.57. The maximum absolute atomic E-state index is 14.6. The monoisotopic (exact) mass is 577 g/mol. The van der Waals surface area contributed by atoms with Crippen LogP contribution < -0.4 is 9.80 Å². The molecule has 1 N–H and O–H groups in total. The molecule has 3 aliphatic heterocycles. The molecular formula is C32H36ClN3O5. The van der Waals surface area contributed by atoms with Crippen molar-refractivity contribution < 1.29 is 24.2 Å². The highest BCUT2D eigenvalue weighted by molar-refractivity contribution is 6.34. The lowest BCUT2D eigenvalue weighted by Gasteiger charge is -2.37. The van der Waals surface area contributed by atoms with Gasteiger partial charge in [0.15, 0.2) is 0 Å². The normalized spacial score (nSPS) is 26.1. The molecule has 41 heavy (non-hydrogen) atoms. The van der Waals surface area contributed by atoms with Crippen molar-refractivity contribution in [1.82, 2.24) is 4.90 Å². The Balaban J connectivity index is 1.57. The number of ether oxygens (including phenoxy) is 1. The number of fused-ring (bicyclic) bond motifs is 1.